The Morgan fingerprint density at radius 2 is 2.30 bits per heavy atom. The monoisotopic (exact) mass is 301 g/mol. The highest BCUT2D eigenvalue weighted by Gasteiger charge is 2.29. The fourth-order valence-corrected chi connectivity index (χ4v) is 2.76. The summed E-state index contributed by atoms with van der Waals surface area (Å²) in [6, 6.07) is 2.21. The zero-order valence-electron chi connectivity index (χ0n) is 11.2. The lowest BCUT2D eigenvalue weighted by Gasteiger charge is -2.37. The Kier molecular flexibility index (Phi) is 4.45. The van der Waals surface area contributed by atoms with Crippen molar-refractivity contribution in [3.63, 3.8) is 0 Å². The van der Waals surface area contributed by atoms with Crippen LogP contribution in [0.3, 0.4) is 0 Å². The number of anilines is 1. The van der Waals surface area contributed by atoms with Crippen molar-refractivity contribution >= 4 is 23.0 Å². The highest BCUT2D eigenvalue weighted by molar-refractivity contribution is 6.31. The molecule has 1 heterocycles. The van der Waals surface area contributed by atoms with Crippen LogP contribution in [0.5, 0.6) is 0 Å². The predicted octanol–water partition coefficient (Wildman–Crippen LogP) is 2.81. The molecule has 1 aliphatic heterocycles. The third-order valence-electron chi connectivity index (χ3n) is 3.97. The highest BCUT2D eigenvalue weighted by atomic mass is 35.5. The molecule has 20 heavy (non-hydrogen) atoms. The van der Waals surface area contributed by atoms with Crippen LogP contribution >= 0.6 is 11.6 Å². The van der Waals surface area contributed by atoms with Crippen molar-refractivity contribution in [3.05, 3.63) is 33.1 Å². The second-order valence-electron chi connectivity index (χ2n) is 5.22. The van der Waals surface area contributed by atoms with Gasteiger partial charge in [0.1, 0.15) is 11.5 Å². The van der Waals surface area contributed by atoms with Crippen LogP contribution in [0.2, 0.25) is 5.02 Å². The van der Waals surface area contributed by atoms with Crippen molar-refractivity contribution in [2.24, 2.45) is 17.6 Å². The first-order valence-corrected chi connectivity index (χ1v) is 6.90. The summed E-state index contributed by atoms with van der Waals surface area (Å²) in [5.41, 5.74) is 5.84. The van der Waals surface area contributed by atoms with Crippen molar-refractivity contribution in [2.75, 3.05) is 24.5 Å². The molecule has 1 aliphatic rings. The van der Waals surface area contributed by atoms with Crippen LogP contribution in [0.25, 0.3) is 0 Å². The van der Waals surface area contributed by atoms with Crippen molar-refractivity contribution in [1.29, 1.82) is 0 Å². The van der Waals surface area contributed by atoms with Gasteiger partial charge in [-0.1, -0.05) is 18.5 Å². The second kappa shape index (κ2) is 5.93. The van der Waals surface area contributed by atoms with E-state index in [-0.39, 0.29) is 22.3 Å². The van der Waals surface area contributed by atoms with Crippen molar-refractivity contribution in [2.45, 2.75) is 13.3 Å². The lowest BCUT2D eigenvalue weighted by atomic mass is 9.87. The van der Waals surface area contributed by atoms with Crippen LogP contribution in [0.15, 0.2) is 12.1 Å². The average Bonchev–Trinajstić information content (AvgIpc) is 2.41. The lowest BCUT2D eigenvalue weighted by Crippen LogP contribution is -2.43. The Labute approximate surface area is 121 Å². The standard InChI is InChI=1S/C13H17ClFN3O2/c1-8-2-3-17(7-9(8)6-16)12-5-11(15)10(14)4-13(12)18(19)20/h4-5,8-9H,2-3,6-7,16H2,1H3. The lowest BCUT2D eigenvalue weighted by molar-refractivity contribution is -0.384. The molecule has 1 aromatic rings. The van der Waals surface area contributed by atoms with Crippen LogP contribution in [0.1, 0.15) is 13.3 Å². The summed E-state index contributed by atoms with van der Waals surface area (Å²) < 4.78 is 13.6. The summed E-state index contributed by atoms with van der Waals surface area (Å²) in [7, 11) is 0. The molecule has 2 atom stereocenters. The largest absolute Gasteiger partial charge is 0.366 e. The summed E-state index contributed by atoms with van der Waals surface area (Å²) in [6.45, 7) is 3.88. The molecule has 0 saturated carbocycles. The van der Waals surface area contributed by atoms with Gasteiger partial charge in [0.05, 0.1) is 9.95 Å². The number of nitrogens with zero attached hydrogens (tertiary/aromatic N) is 2. The van der Waals surface area contributed by atoms with E-state index >= 15 is 0 Å². The Hall–Kier alpha value is -1.40. The smallest absolute Gasteiger partial charge is 0.294 e. The molecule has 2 rings (SSSR count). The summed E-state index contributed by atoms with van der Waals surface area (Å²) in [4.78, 5) is 12.4. The highest BCUT2D eigenvalue weighted by Crippen LogP contribution is 2.36. The maximum absolute atomic E-state index is 13.6. The molecule has 1 aromatic carbocycles. The number of halogens is 2. The SMILES string of the molecule is CC1CCN(c2cc(F)c(Cl)cc2[N+](=O)[O-])CC1CN. The van der Waals surface area contributed by atoms with E-state index in [1.54, 1.807) is 0 Å². The third kappa shape index (κ3) is 2.86. The van der Waals surface area contributed by atoms with Gasteiger partial charge >= 0.3 is 0 Å². The van der Waals surface area contributed by atoms with Gasteiger partial charge < -0.3 is 10.6 Å². The van der Waals surface area contributed by atoms with Crippen molar-refractivity contribution in [1.82, 2.24) is 0 Å². The van der Waals surface area contributed by atoms with Crippen LogP contribution in [-0.2, 0) is 0 Å². The molecule has 0 amide bonds. The zero-order valence-corrected chi connectivity index (χ0v) is 11.9. The first-order chi connectivity index (χ1) is 9.43. The van der Waals surface area contributed by atoms with Gasteiger partial charge in [0, 0.05) is 25.2 Å². The molecular formula is C13H17ClFN3O2. The molecule has 0 bridgehead atoms. The number of piperidine rings is 1. The molecule has 2 N–H and O–H groups in total. The second-order valence-corrected chi connectivity index (χ2v) is 5.63. The van der Waals surface area contributed by atoms with Gasteiger partial charge in [-0.15, -0.1) is 0 Å². The average molecular weight is 302 g/mol. The van der Waals surface area contributed by atoms with E-state index < -0.39 is 10.7 Å². The minimum absolute atomic E-state index is 0.165. The summed E-state index contributed by atoms with van der Waals surface area (Å²) >= 11 is 5.63. The van der Waals surface area contributed by atoms with Gasteiger partial charge in [0.15, 0.2) is 0 Å². The van der Waals surface area contributed by atoms with Gasteiger partial charge in [-0.05, 0) is 24.8 Å². The molecule has 7 heteroatoms. The Balaban J connectivity index is 2.36. The minimum Gasteiger partial charge on any atom is -0.366 e. The summed E-state index contributed by atoms with van der Waals surface area (Å²) in [5, 5.41) is 10.9. The molecule has 1 fully saturated rings. The third-order valence-corrected chi connectivity index (χ3v) is 4.26. The van der Waals surface area contributed by atoms with E-state index in [9.17, 15) is 14.5 Å². The number of hydrogen-bond acceptors (Lipinski definition) is 4. The minimum atomic E-state index is -0.643. The quantitative estimate of drug-likeness (QED) is 0.688. The van der Waals surface area contributed by atoms with E-state index in [4.69, 9.17) is 17.3 Å². The number of nitro benzene ring substituents is 1. The van der Waals surface area contributed by atoms with Crippen LogP contribution in [0, 0.1) is 27.8 Å². The molecule has 0 aromatic heterocycles. The molecule has 1 saturated heterocycles. The van der Waals surface area contributed by atoms with E-state index in [1.807, 2.05) is 4.90 Å². The first kappa shape index (κ1) is 15.0. The normalized spacial score (nSPS) is 22.9. The number of hydrogen-bond donors (Lipinski definition) is 1. The van der Waals surface area contributed by atoms with E-state index in [1.165, 1.54) is 0 Å². The summed E-state index contributed by atoms with van der Waals surface area (Å²) in [5.74, 6) is 0.0738. The summed E-state index contributed by atoms with van der Waals surface area (Å²) in [6.07, 6.45) is 0.878. The number of nitrogens with two attached hydrogens (primary N) is 1. The van der Waals surface area contributed by atoms with Crippen molar-refractivity contribution in [3.8, 4) is 0 Å². The van der Waals surface area contributed by atoms with Gasteiger partial charge in [-0.25, -0.2) is 4.39 Å². The van der Waals surface area contributed by atoms with Gasteiger partial charge in [-0.2, -0.15) is 0 Å². The predicted molar refractivity (Wildman–Crippen MR) is 76.6 cm³/mol. The maximum atomic E-state index is 13.6. The molecular weight excluding hydrogens is 285 g/mol. The van der Waals surface area contributed by atoms with E-state index in [0.29, 0.717) is 25.6 Å². The zero-order chi connectivity index (χ0) is 14.9. The van der Waals surface area contributed by atoms with Crippen LogP contribution in [-0.4, -0.2) is 24.6 Å². The Morgan fingerprint density at radius 1 is 1.60 bits per heavy atom. The van der Waals surface area contributed by atoms with Gasteiger partial charge in [0.25, 0.3) is 5.69 Å². The molecule has 0 spiro atoms. The first-order valence-electron chi connectivity index (χ1n) is 6.52. The topological polar surface area (TPSA) is 72.4 Å². The molecule has 0 radical (unpaired) electrons. The molecule has 0 aliphatic carbocycles. The Morgan fingerprint density at radius 3 is 2.90 bits per heavy atom. The fourth-order valence-electron chi connectivity index (χ4n) is 2.60. The van der Waals surface area contributed by atoms with E-state index in [0.717, 1.165) is 18.6 Å². The van der Waals surface area contributed by atoms with Crippen LogP contribution in [0.4, 0.5) is 15.8 Å². The molecule has 110 valence electrons. The van der Waals surface area contributed by atoms with Gasteiger partial charge in [-0.3, -0.25) is 10.1 Å². The van der Waals surface area contributed by atoms with E-state index in [2.05, 4.69) is 6.92 Å². The number of rotatable bonds is 3. The fraction of sp³-hybridized carbons (Fsp3) is 0.538. The molecule has 5 nitrogen and oxygen atoms in total. The van der Waals surface area contributed by atoms with Crippen LogP contribution < -0.4 is 10.6 Å². The van der Waals surface area contributed by atoms with Gasteiger partial charge in [0.2, 0.25) is 0 Å². The van der Waals surface area contributed by atoms with Crippen molar-refractivity contribution < 1.29 is 9.31 Å². The molecule has 2 unspecified atom stereocenters. The maximum Gasteiger partial charge on any atom is 0.294 e. The Bertz CT molecular complexity index is 527. The number of benzene rings is 1. The number of nitro groups is 1.